The molecule has 220 valence electrons. The number of carbonyl (C=O) groups is 2. The highest BCUT2D eigenvalue weighted by Crippen LogP contribution is 2.23. The molecule has 13 heteroatoms. The number of benzene rings is 2. The zero-order valence-corrected chi connectivity index (χ0v) is 22.4. The molecule has 0 saturated heterocycles. The molecule has 2 rings (SSSR count). The summed E-state index contributed by atoms with van der Waals surface area (Å²) in [6.45, 7) is 3.61. The van der Waals surface area contributed by atoms with Crippen LogP contribution in [0.25, 0.3) is 0 Å². The molecule has 0 saturated carbocycles. The highest BCUT2D eigenvalue weighted by Gasteiger charge is 2.32. The summed E-state index contributed by atoms with van der Waals surface area (Å²) in [5.41, 5.74) is 12.1. The molecule has 39 heavy (non-hydrogen) atoms. The lowest BCUT2D eigenvalue weighted by Crippen LogP contribution is -3.00. The molecule has 0 spiro atoms. The summed E-state index contributed by atoms with van der Waals surface area (Å²) in [7, 11) is 0. The van der Waals surface area contributed by atoms with Gasteiger partial charge in [0.15, 0.2) is 6.04 Å². The van der Waals surface area contributed by atoms with Crippen molar-refractivity contribution in [1.82, 2.24) is 5.32 Å². The average Bonchev–Trinajstić information content (AvgIpc) is 2.84. The molecule has 0 radical (unpaired) electrons. The lowest BCUT2D eigenvalue weighted by Gasteiger charge is -2.21. The fourth-order valence-corrected chi connectivity index (χ4v) is 3.62. The van der Waals surface area contributed by atoms with Crippen molar-refractivity contribution in [3.05, 3.63) is 71.8 Å². The van der Waals surface area contributed by atoms with Crippen LogP contribution in [-0.4, -0.2) is 36.3 Å². The fraction of sp³-hybridized carbons (Fsp3) is 0.462. The van der Waals surface area contributed by atoms with E-state index in [0.29, 0.717) is 0 Å². The Morgan fingerprint density at radius 1 is 0.769 bits per heavy atom. The first-order chi connectivity index (χ1) is 17.6. The molecule has 0 aliphatic rings. The fourth-order valence-electron chi connectivity index (χ4n) is 3.62. The van der Waals surface area contributed by atoms with Crippen LogP contribution >= 0.6 is 0 Å². The van der Waals surface area contributed by atoms with Gasteiger partial charge in [-0.05, 0) is 25.8 Å². The lowest BCUT2D eigenvalue weighted by molar-refractivity contribution is -0.713. The summed E-state index contributed by atoms with van der Waals surface area (Å²) in [6.07, 6.45) is -11.2. The number of halogens is 7. The van der Waals surface area contributed by atoms with Gasteiger partial charge in [-0.15, -0.1) is 0 Å². The summed E-state index contributed by atoms with van der Waals surface area (Å²) in [5, 5.41) is 4.42. The van der Waals surface area contributed by atoms with Crippen molar-refractivity contribution in [1.29, 1.82) is 0 Å². The minimum absolute atomic E-state index is 0. The smallest absolute Gasteiger partial charge is 0.389 e. The molecular weight excluding hydrogens is 550 g/mol. The topological polar surface area (TPSA) is 115 Å². The summed E-state index contributed by atoms with van der Waals surface area (Å²) >= 11 is 0. The van der Waals surface area contributed by atoms with E-state index in [2.05, 4.69) is 5.32 Å². The van der Waals surface area contributed by atoms with Crippen molar-refractivity contribution in [3.8, 4) is 0 Å². The number of primary amides is 2. The first-order valence-electron chi connectivity index (χ1n) is 12.0. The second-order valence-corrected chi connectivity index (χ2v) is 8.96. The van der Waals surface area contributed by atoms with E-state index < -0.39 is 49.1 Å². The molecular formula is C26H35ClF6N4O2. The van der Waals surface area contributed by atoms with Gasteiger partial charge in [-0.1, -0.05) is 60.7 Å². The van der Waals surface area contributed by atoms with Crippen molar-refractivity contribution >= 4 is 11.8 Å². The second-order valence-electron chi connectivity index (χ2n) is 8.96. The molecule has 2 amide bonds. The highest BCUT2D eigenvalue weighted by molar-refractivity contribution is 5.79. The number of nitrogens with one attached hydrogen (secondary N) is 1. The number of nitrogens with two attached hydrogens (primary N) is 3. The van der Waals surface area contributed by atoms with Gasteiger partial charge < -0.3 is 29.2 Å². The number of hydrogen-bond acceptors (Lipinski definition) is 3. The Morgan fingerprint density at radius 2 is 1.21 bits per heavy atom. The molecule has 2 aromatic rings. The average molecular weight is 585 g/mol. The van der Waals surface area contributed by atoms with E-state index in [4.69, 9.17) is 11.5 Å². The minimum atomic E-state index is -4.29. The molecule has 0 aliphatic heterocycles. The molecule has 0 heterocycles. The summed E-state index contributed by atoms with van der Waals surface area (Å²) in [4.78, 5) is 22.4. The standard InChI is InChI=1S/2C13H17F3N2O.ClH/c2*1-9(10-5-3-2-4-6-10)18-11(12(17)19)7-8-13(14,15)16;/h2*2-6,9,11,18H,7-8H2,1H3,(H2,17,19);1H/t9-,11?;9-,11-;/m11./s1. The van der Waals surface area contributed by atoms with Crippen LogP contribution in [0.15, 0.2) is 60.7 Å². The van der Waals surface area contributed by atoms with E-state index in [9.17, 15) is 35.9 Å². The summed E-state index contributed by atoms with van der Waals surface area (Å²) in [5.74, 6) is -1.49. The van der Waals surface area contributed by atoms with Gasteiger partial charge in [0.1, 0.15) is 6.04 Å². The van der Waals surface area contributed by atoms with Crippen molar-refractivity contribution in [2.24, 2.45) is 11.5 Å². The number of carbonyl (C=O) groups excluding carboxylic acids is 2. The maximum absolute atomic E-state index is 12.2. The molecule has 6 nitrogen and oxygen atoms in total. The molecule has 1 unspecified atom stereocenters. The van der Waals surface area contributed by atoms with Gasteiger partial charge in [-0.2, -0.15) is 26.3 Å². The number of amides is 2. The first-order valence-corrected chi connectivity index (χ1v) is 12.0. The number of quaternary nitrogens is 1. The third kappa shape index (κ3) is 16.0. The number of hydrogen-bond donors (Lipinski definition) is 4. The molecule has 4 atom stereocenters. The maximum Gasteiger partial charge on any atom is 0.389 e. The zero-order chi connectivity index (χ0) is 28.9. The summed E-state index contributed by atoms with van der Waals surface area (Å²) in [6, 6.07) is 16.2. The number of alkyl halides is 6. The van der Waals surface area contributed by atoms with E-state index in [0.717, 1.165) is 11.1 Å². The number of rotatable bonds is 12. The monoisotopic (exact) mass is 584 g/mol. The van der Waals surface area contributed by atoms with Crippen LogP contribution in [0.1, 0.15) is 62.7 Å². The van der Waals surface area contributed by atoms with E-state index in [1.807, 2.05) is 67.6 Å². The molecule has 0 fully saturated rings. The first kappa shape index (κ1) is 36.2. The van der Waals surface area contributed by atoms with Gasteiger partial charge in [-0.3, -0.25) is 14.9 Å². The molecule has 0 bridgehead atoms. The van der Waals surface area contributed by atoms with Gasteiger partial charge in [-0.25, -0.2) is 0 Å². The highest BCUT2D eigenvalue weighted by atomic mass is 35.5. The van der Waals surface area contributed by atoms with Crippen LogP contribution in [-0.2, 0) is 9.59 Å². The predicted octanol–water partition coefficient (Wildman–Crippen LogP) is 1.05. The Morgan fingerprint density at radius 3 is 1.62 bits per heavy atom. The Labute approximate surface area is 230 Å². The van der Waals surface area contributed by atoms with Crippen molar-refractivity contribution in [2.75, 3.05) is 0 Å². The van der Waals surface area contributed by atoms with Crippen LogP contribution < -0.4 is 34.5 Å². The van der Waals surface area contributed by atoms with Crippen molar-refractivity contribution in [2.45, 2.75) is 76.1 Å². The molecule has 7 N–H and O–H groups in total. The Kier molecular flexibility index (Phi) is 15.8. The Bertz CT molecular complexity index is 898. The van der Waals surface area contributed by atoms with Crippen molar-refractivity contribution < 1.29 is 53.7 Å². The quantitative estimate of drug-likeness (QED) is 0.280. The molecule has 2 aromatic carbocycles. The van der Waals surface area contributed by atoms with Crippen molar-refractivity contribution in [3.63, 3.8) is 0 Å². The van der Waals surface area contributed by atoms with Gasteiger partial charge in [0.05, 0.1) is 6.04 Å². The normalized spacial score (nSPS) is 14.6. The maximum atomic E-state index is 12.2. The molecule has 0 aliphatic carbocycles. The second kappa shape index (κ2) is 17.0. The third-order valence-electron chi connectivity index (χ3n) is 5.76. The van der Waals surface area contributed by atoms with Crippen LogP contribution in [0.2, 0.25) is 0 Å². The van der Waals surface area contributed by atoms with Gasteiger partial charge in [0, 0.05) is 30.9 Å². The van der Waals surface area contributed by atoms with Gasteiger partial charge >= 0.3 is 12.4 Å². The van der Waals surface area contributed by atoms with Gasteiger partial charge in [0.2, 0.25) is 5.91 Å². The van der Waals surface area contributed by atoms with Crippen LogP contribution in [0, 0.1) is 0 Å². The van der Waals surface area contributed by atoms with E-state index in [1.54, 1.807) is 12.2 Å². The Balaban J connectivity index is 0.000000722. The Hall–Kier alpha value is -2.83. The SMILES string of the molecule is C[C@@H](NC(CCC(F)(F)F)C(N)=O)c1ccccc1.C[C@@H]([NH2+][C@H](CCC(F)(F)F)C(N)=O)c1ccccc1.[Cl-]. The lowest BCUT2D eigenvalue weighted by atomic mass is 10.1. The van der Waals surface area contributed by atoms with Crippen LogP contribution in [0.3, 0.4) is 0 Å². The van der Waals surface area contributed by atoms with Gasteiger partial charge in [0.25, 0.3) is 5.91 Å². The largest absolute Gasteiger partial charge is 1.00 e. The van der Waals surface area contributed by atoms with Crippen LogP contribution in [0.4, 0.5) is 26.3 Å². The van der Waals surface area contributed by atoms with E-state index >= 15 is 0 Å². The van der Waals surface area contributed by atoms with Crippen LogP contribution in [0.5, 0.6) is 0 Å². The summed E-state index contributed by atoms with van der Waals surface area (Å²) < 4.78 is 73.0. The predicted molar refractivity (Wildman–Crippen MR) is 131 cm³/mol. The third-order valence-corrected chi connectivity index (χ3v) is 5.76. The van der Waals surface area contributed by atoms with E-state index in [-0.39, 0.29) is 37.3 Å². The molecule has 0 aromatic heterocycles. The van der Waals surface area contributed by atoms with E-state index in [1.165, 1.54) is 0 Å². The minimum Gasteiger partial charge on any atom is -1.00 e. The zero-order valence-electron chi connectivity index (χ0n) is 21.6.